The highest BCUT2D eigenvalue weighted by atomic mass is 16.2. The van der Waals surface area contributed by atoms with Crippen molar-refractivity contribution in [3.63, 3.8) is 0 Å². The van der Waals surface area contributed by atoms with E-state index in [2.05, 4.69) is 10.6 Å². The summed E-state index contributed by atoms with van der Waals surface area (Å²) in [5.74, 6) is 0.0354. The van der Waals surface area contributed by atoms with E-state index >= 15 is 0 Å². The van der Waals surface area contributed by atoms with Gasteiger partial charge in [-0.3, -0.25) is 4.79 Å². The summed E-state index contributed by atoms with van der Waals surface area (Å²) in [4.78, 5) is 13.2. The van der Waals surface area contributed by atoms with Gasteiger partial charge in [-0.25, -0.2) is 0 Å². The maximum absolute atomic E-state index is 11.3. The minimum Gasteiger partial charge on any atom is -0.388 e. The molecule has 1 aliphatic heterocycles. The van der Waals surface area contributed by atoms with Crippen LogP contribution in [-0.2, 0) is 4.79 Å². The first-order chi connectivity index (χ1) is 6.70. The molecular weight excluding hydrogens is 178 g/mol. The Morgan fingerprint density at radius 3 is 3.00 bits per heavy atom. The number of nitrogens with one attached hydrogen (secondary N) is 2. The first kappa shape index (κ1) is 8.87. The van der Waals surface area contributed by atoms with Crippen LogP contribution >= 0.6 is 0 Å². The average molecular weight is 191 g/mol. The van der Waals surface area contributed by atoms with Crippen molar-refractivity contribution in [2.75, 3.05) is 36.2 Å². The largest absolute Gasteiger partial charge is 0.388 e. The summed E-state index contributed by atoms with van der Waals surface area (Å²) in [5, 5.41) is 5.88. The maximum atomic E-state index is 11.3. The van der Waals surface area contributed by atoms with Crippen molar-refractivity contribution in [2.45, 2.75) is 0 Å². The number of carbonyl (C=O) groups excluding carboxylic acids is 1. The van der Waals surface area contributed by atoms with Gasteiger partial charge >= 0.3 is 0 Å². The molecule has 1 aromatic carbocycles. The molecule has 0 radical (unpaired) electrons. The van der Waals surface area contributed by atoms with Crippen LogP contribution in [0.4, 0.5) is 17.1 Å². The molecular formula is C10H13N3O. The molecule has 0 spiro atoms. The quantitative estimate of drug-likeness (QED) is 0.699. The van der Waals surface area contributed by atoms with E-state index in [0.717, 1.165) is 17.1 Å². The smallest absolute Gasteiger partial charge is 0.243 e. The van der Waals surface area contributed by atoms with Crippen LogP contribution in [0.25, 0.3) is 0 Å². The molecule has 2 rings (SSSR count). The van der Waals surface area contributed by atoms with Gasteiger partial charge in [-0.05, 0) is 18.2 Å². The second-order valence-corrected chi connectivity index (χ2v) is 3.39. The van der Waals surface area contributed by atoms with Crippen LogP contribution < -0.4 is 15.5 Å². The summed E-state index contributed by atoms with van der Waals surface area (Å²) in [6, 6.07) is 5.93. The van der Waals surface area contributed by atoms with Gasteiger partial charge in [0.1, 0.15) is 0 Å². The van der Waals surface area contributed by atoms with Gasteiger partial charge in [-0.2, -0.15) is 0 Å². The van der Waals surface area contributed by atoms with Gasteiger partial charge in [0, 0.05) is 19.8 Å². The predicted octanol–water partition coefficient (Wildman–Crippen LogP) is 1.12. The molecule has 1 heterocycles. The Bertz CT molecular complexity index is 376. The molecule has 0 saturated heterocycles. The molecule has 0 bridgehead atoms. The molecule has 1 amide bonds. The summed E-state index contributed by atoms with van der Waals surface area (Å²) < 4.78 is 0. The Hall–Kier alpha value is -1.71. The second kappa shape index (κ2) is 3.21. The molecule has 0 saturated carbocycles. The van der Waals surface area contributed by atoms with Crippen LogP contribution in [-0.4, -0.2) is 26.5 Å². The summed E-state index contributed by atoms with van der Waals surface area (Å²) in [5.41, 5.74) is 2.93. The summed E-state index contributed by atoms with van der Waals surface area (Å²) in [7, 11) is 3.77. The Kier molecular flexibility index (Phi) is 2.04. The topological polar surface area (TPSA) is 44.4 Å². The van der Waals surface area contributed by atoms with Crippen LogP contribution in [0.1, 0.15) is 0 Å². The SMILES string of the molecule is CNc1ccc2c(c1)NC(=O)CN2C. The first-order valence-electron chi connectivity index (χ1n) is 4.53. The number of hydrogen-bond donors (Lipinski definition) is 2. The van der Waals surface area contributed by atoms with Crippen LogP contribution in [0.5, 0.6) is 0 Å². The molecule has 2 N–H and O–H groups in total. The van der Waals surface area contributed by atoms with Crippen molar-refractivity contribution in [3.8, 4) is 0 Å². The van der Waals surface area contributed by atoms with Crippen molar-refractivity contribution in [3.05, 3.63) is 18.2 Å². The molecule has 0 unspecified atom stereocenters. The van der Waals surface area contributed by atoms with Crippen LogP contribution in [0, 0.1) is 0 Å². The molecule has 0 aromatic heterocycles. The molecule has 4 nitrogen and oxygen atoms in total. The van der Waals surface area contributed by atoms with E-state index in [1.54, 1.807) is 0 Å². The Balaban J connectivity index is 2.43. The van der Waals surface area contributed by atoms with Crippen LogP contribution in [0.15, 0.2) is 18.2 Å². The zero-order chi connectivity index (χ0) is 10.1. The molecule has 1 aromatic rings. The van der Waals surface area contributed by atoms with E-state index in [1.165, 1.54) is 0 Å². The molecule has 74 valence electrons. The van der Waals surface area contributed by atoms with Gasteiger partial charge in [0.05, 0.1) is 17.9 Å². The van der Waals surface area contributed by atoms with E-state index in [9.17, 15) is 4.79 Å². The van der Waals surface area contributed by atoms with Gasteiger partial charge in [-0.1, -0.05) is 0 Å². The van der Waals surface area contributed by atoms with Crippen molar-refractivity contribution < 1.29 is 4.79 Å². The van der Waals surface area contributed by atoms with Crippen LogP contribution in [0.3, 0.4) is 0 Å². The van der Waals surface area contributed by atoms with Crippen LogP contribution in [0.2, 0.25) is 0 Å². The van der Waals surface area contributed by atoms with Crippen molar-refractivity contribution >= 4 is 23.0 Å². The Labute approximate surface area is 82.9 Å². The molecule has 0 atom stereocenters. The highest BCUT2D eigenvalue weighted by molar-refractivity contribution is 6.01. The molecule has 4 heteroatoms. The summed E-state index contributed by atoms with van der Waals surface area (Å²) >= 11 is 0. The minimum absolute atomic E-state index is 0.0354. The number of carbonyl (C=O) groups is 1. The third-order valence-corrected chi connectivity index (χ3v) is 2.35. The Morgan fingerprint density at radius 1 is 1.50 bits per heavy atom. The highest BCUT2D eigenvalue weighted by Gasteiger charge is 2.18. The third kappa shape index (κ3) is 1.39. The van der Waals surface area contributed by atoms with Crippen molar-refractivity contribution in [1.82, 2.24) is 0 Å². The molecule has 0 aliphatic carbocycles. The number of rotatable bonds is 1. The lowest BCUT2D eigenvalue weighted by molar-refractivity contribution is -0.115. The Morgan fingerprint density at radius 2 is 2.29 bits per heavy atom. The average Bonchev–Trinajstić information content (AvgIpc) is 2.16. The zero-order valence-corrected chi connectivity index (χ0v) is 8.29. The van der Waals surface area contributed by atoms with Crippen molar-refractivity contribution in [1.29, 1.82) is 0 Å². The third-order valence-electron chi connectivity index (χ3n) is 2.35. The molecule has 1 aliphatic rings. The predicted molar refractivity (Wildman–Crippen MR) is 57.9 cm³/mol. The number of amides is 1. The molecule has 14 heavy (non-hydrogen) atoms. The summed E-state index contributed by atoms with van der Waals surface area (Å²) in [6.07, 6.45) is 0. The first-order valence-corrected chi connectivity index (χ1v) is 4.53. The van der Waals surface area contributed by atoms with E-state index < -0.39 is 0 Å². The lowest BCUT2D eigenvalue weighted by Gasteiger charge is -2.27. The number of benzene rings is 1. The molecule has 0 fully saturated rings. The monoisotopic (exact) mass is 191 g/mol. The van der Waals surface area contributed by atoms with Crippen molar-refractivity contribution in [2.24, 2.45) is 0 Å². The van der Waals surface area contributed by atoms with Gasteiger partial charge in [-0.15, -0.1) is 0 Å². The zero-order valence-electron chi connectivity index (χ0n) is 8.29. The van der Waals surface area contributed by atoms with E-state index in [-0.39, 0.29) is 5.91 Å². The maximum Gasteiger partial charge on any atom is 0.243 e. The lowest BCUT2D eigenvalue weighted by atomic mass is 10.2. The minimum atomic E-state index is 0.0354. The van der Waals surface area contributed by atoms with E-state index in [1.807, 2.05) is 37.2 Å². The highest BCUT2D eigenvalue weighted by Crippen LogP contribution is 2.30. The normalized spacial score (nSPS) is 14.7. The summed E-state index contributed by atoms with van der Waals surface area (Å²) in [6.45, 7) is 0.423. The van der Waals surface area contributed by atoms with E-state index in [4.69, 9.17) is 0 Å². The van der Waals surface area contributed by atoms with E-state index in [0.29, 0.717) is 6.54 Å². The number of likely N-dealkylation sites (N-methyl/N-ethyl adjacent to an activating group) is 1. The van der Waals surface area contributed by atoms with Gasteiger partial charge in [0.25, 0.3) is 0 Å². The second-order valence-electron chi connectivity index (χ2n) is 3.39. The number of nitrogens with zero attached hydrogens (tertiary/aromatic N) is 1. The number of hydrogen-bond acceptors (Lipinski definition) is 3. The fourth-order valence-electron chi connectivity index (χ4n) is 1.61. The fourth-order valence-corrected chi connectivity index (χ4v) is 1.61. The van der Waals surface area contributed by atoms with Gasteiger partial charge in [0.15, 0.2) is 0 Å². The lowest BCUT2D eigenvalue weighted by Crippen LogP contribution is -2.35. The standard InChI is InChI=1S/C10H13N3O/c1-11-7-3-4-9-8(5-7)12-10(14)6-13(9)2/h3-5,11H,6H2,1-2H3,(H,12,14). The van der Waals surface area contributed by atoms with Gasteiger partial charge in [0.2, 0.25) is 5.91 Å². The number of fused-ring (bicyclic) bond motifs is 1. The fraction of sp³-hybridized carbons (Fsp3) is 0.300. The number of anilines is 3. The van der Waals surface area contributed by atoms with Gasteiger partial charge < -0.3 is 15.5 Å².